The molecule has 2 aliphatic rings. The van der Waals surface area contributed by atoms with E-state index in [9.17, 15) is 0 Å². The molecule has 6 heteroatoms. The van der Waals surface area contributed by atoms with E-state index >= 15 is 0 Å². The highest BCUT2D eigenvalue weighted by molar-refractivity contribution is 5.85. The number of hydrogen-bond donors (Lipinski definition) is 0. The second kappa shape index (κ2) is 9.33. The molecule has 0 spiro atoms. The van der Waals surface area contributed by atoms with Crippen molar-refractivity contribution >= 4 is 23.4 Å². The maximum atomic E-state index is 5.27. The summed E-state index contributed by atoms with van der Waals surface area (Å²) in [5.74, 6) is 1.82. The Bertz CT molecular complexity index is 897. The van der Waals surface area contributed by atoms with Crippen LogP contribution in [0, 0.1) is 0 Å². The molecule has 0 saturated carbocycles. The van der Waals surface area contributed by atoms with Crippen LogP contribution in [0.25, 0.3) is 0 Å². The Balaban J connectivity index is 1.36. The highest BCUT2D eigenvalue weighted by Crippen LogP contribution is 2.29. The zero-order valence-electron chi connectivity index (χ0n) is 18.9. The first-order valence-electron chi connectivity index (χ1n) is 11.2. The number of benzene rings is 2. The molecule has 0 bridgehead atoms. The van der Waals surface area contributed by atoms with E-state index in [1.165, 1.54) is 11.4 Å². The molecule has 1 fully saturated rings. The molecular weight excluding hydrogens is 386 g/mol. The van der Waals surface area contributed by atoms with Crippen molar-refractivity contribution in [1.82, 2.24) is 5.01 Å². The van der Waals surface area contributed by atoms with Crippen LogP contribution in [0.4, 0.5) is 17.1 Å². The normalized spacial score (nSPS) is 16.6. The van der Waals surface area contributed by atoms with E-state index in [-0.39, 0.29) is 0 Å². The first-order valence-corrected chi connectivity index (χ1v) is 11.2. The van der Waals surface area contributed by atoms with E-state index in [4.69, 9.17) is 4.74 Å². The first-order chi connectivity index (χ1) is 15.1. The van der Waals surface area contributed by atoms with Crippen molar-refractivity contribution in [2.75, 3.05) is 48.0 Å². The van der Waals surface area contributed by atoms with Gasteiger partial charge in [0.1, 0.15) is 17.9 Å². The van der Waals surface area contributed by atoms with Crippen LogP contribution in [0.1, 0.15) is 26.7 Å². The van der Waals surface area contributed by atoms with Crippen LogP contribution >= 0.6 is 0 Å². The number of hydrazone groups is 1. The minimum absolute atomic E-state index is 0.398. The summed E-state index contributed by atoms with van der Waals surface area (Å²) in [7, 11) is 1.70. The number of rotatable bonds is 7. The Labute approximate surface area is 186 Å². The van der Waals surface area contributed by atoms with Crippen LogP contribution in [0.2, 0.25) is 0 Å². The molecule has 0 unspecified atom stereocenters. The largest absolute Gasteiger partial charge is 0.497 e. The number of piperazine rings is 1. The number of nitrogens with zero attached hydrogens (tertiary/aromatic N) is 5. The number of hydrogen-bond acceptors (Lipinski definition) is 6. The minimum atomic E-state index is 0.398. The number of anilines is 3. The van der Waals surface area contributed by atoms with E-state index in [1.807, 2.05) is 23.5 Å². The Morgan fingerprint density at radius 1 is 0.839 bits per heavy atom. The average molecular weight is 420 g/mol. The van der Waals surface area contributed by atoms with Crippen molar-refractivity contribution in [3.8, 4) is 5.75 Å². The molecule has 4 rings (SSSR count). The van der Waals surface area contributed by atoms with Gasteiger partial charge in [-0.1, -0.05) is 20.4 Å². The molecule has 6 nitrogen and oxygen atoms in total. The molecule has 164 valence electrons. The Hall–Kier alpha value is -3.15. The highest BCUT2D eigenvalue weighted by Gasteiger charge is 2.26. The standard InChI is InChI=1S/C25H33N5O/c1-5-21(6-2)30-20(3)29(19-26-30)24-9-7-22(8-10-24)27-15-17-28(18-16-27)23-11-13-25(31-4)14-12-23/h7-14,19,21H,3,5-6,15-18H2,1-2,4H3. The molecule has 2 aliphatic heterocycles. The maximum Gasteiger partial charge on any atom is 0.128 e. The van der Waals surface area contributed by atoms with Gasteiger partial charge >= 0.3 is 0 Å². The van der Waals surface area contributed by atoms with E-state index in [0.717, 1.165) is 56.3 Å². The Kier molecular flexibility index (Phi) is 6.35. The fourth-order valence-electron chi connectivity index (χ4n) is 4.35. The van der Waals surface area contributed by atoms with E-state index < -0.39 is 0 Å². The van der Waals surface area contributed by atoms with Crippen molar-refractivity contribution in [1.29, 1.82) is 0 Å². The summed E-state index contributed by atoms with van der Waals surface area (Å²) in [6.45, 7) is 12.7. The maximum absolute atomic E-state index is 5.27. The lowest BCUT2D eigenvalue weighted by Gasteiger charge is -2.37. The minimum Gasteiger partial charge on any atom is -0.497 e. The summed E-state index contributed by atoms with van der Waals surface area (Å²) in [6.07, 6.45) is 3.99. The molecule has 0 atom stereocenters. The average Bonchev–Trinajstić information content (AvgIpc) is 3.21. The summed E-state index contributed by atoms with van der Waals surface area (Å²) in [5, 5.41) is 6.64. The van der Waals surface area contributed by atoms with E-state index in [0.29, 0.717) is 6.04 Å². The third-order valence-corrected chi connectivity index (χ3v) is 6.33. The van der Waals surface area contributed by atoms with Crippen LogP contribution in [0.15, 0.2) is 66.0 Å². The van der Waals surface area contributed by atoms with Gasteiger partial charge in [-0.3, -0.25) is 4.90 Å². The van der Waals surface area contributed by atoms with Gasteiger partial charge in [0.2, 0.25) is 0 Å². The van der Waals surface area contributed by atoms with Gasteiger partial charge in [0.05, 0.1) is 13.2 Å². The van der Waals surface area contributed by atoms with Crippen molar-refractivity contribution in [3.05, 3.63) is 60.9 Å². The van der Waals surface area contributed by atoms with Gasteiger partial charge < -0.3 is 14.5 Å². The predicted octanol–water partition coefficient (Wildman–Crippen LogP) is 4.75. The number of ether oxygens (including phenoxy) is 1. The topological polar surface area (TPSA) is 34.6 Å². The van der Waals surface area contributed by atoms with Crippen molar-refractivity contribution in [2.24, 2.45) is 5.10 Å². The van der Waals surface area contributed by atoms with Crippen LogP contribution in [0.3, 0.4) is 0 Å². The zero-order chi connectivity index (χ0) is 21.8. The smallest absolute Gasteiger partial charge is 0.128 e. The fraction of sp³-hybridized carbons (Fsp3) is 0.400. The SMILES string of the molecule is C=C1N(c2ccc(N3CCN(c4ccc(OC)cc4)CC3)cc2)C=NN1C(CC)CC. The second-order valence-electron chi connectivity index (χ2n) is 8.02. The molecule has 31 heavy (non-hydrogen) atoms. The third-order valence-electron chi connectivity index (χ3n) is 6.33. The molecular formula is C25H33N5O. The molecule has 0 amide bonds. The van der Waals surface area contributed by atoms with Gasteiger partial charge in [0.15, 0.2) is 0 Å². The molecule has 2 heterocycles. The molecule has 2 aromatic rings. The lowest BCUT2D eigenvalue weighted by atomic mass is 10.1. The molecule has 2 aromatic carbocycles. The highest BCUT2D eigenvalue weighted by atomic mass is 16.5. The van der Waals surface area contributed by atoms with Crippen LogP contribution in [0.5, 0.6) is 5.75 Å². The molecule has 0 aromatic heterocycles. The van der Waals surface area contributed by atoms with Crippen LogP contribution in [-0.2, 0) is 0 Å². The third kappa shape index (κ3) is 4.33. The van der Waals surface area contributed by atoms with Gasteiger partial charge in [-0.05, 0) is 61.4 Å². The second-order valence-corrected chi connectivity index (χ2v) is 8.02. The predicted molar refractivity (Wildman–Crippen MR) is 130 cm³/mol. The van der Waals surface area contributed by atoms with Crippen molar-refractivity contribution in [2.45, 2.75) is 32.7 Å². The lowest BCUT2D eigenvalue weighted by Crippen LogP contribution is -2.46. The van der Waals surface area contributed by atoms with Crippen molar-refractivity contribution in [3.63, 3.8) is 0 Å². The van der Waals surface area contributed by atoms with E-state index in [2.05, 4.69) is 76.6 Å². The molecule has 0 N–H and O–H groups in total. The van der Waals surface area contributed by atoms with Gasteiger partial charge in [-0.25, -0.2) is 5.01 Å². The Morgan fingerprint density at radius 3 is 1.81 bits per heavy atom. The molecule has 1 saturated heterocycles. The first kappa shape index (κ1) is 21.1. The monoisotopic (exact) mass is 419 g/mol. The zero-order valence-corrected chi connectivity index (χ0v) is 18.9. The summed E-state index contributed by atoms with van der Waals surface area (Å²) >= 11 is 0. The van der Waals surface area contributed by atoms with Crippen LogP contribution < -0.4 is 19.4 Å². The van der Waals surface area contributed by atoms with Gasteiger partial charge in [-0.2, -0.15) is 5.10 Å². The fourth-order valence-corrected chi connectivity index (χ4v) is 4.35. The summed E-state index contributed by atoms with van der Waals surface area (Å²) in [5.41, 5.74) is 3.62. The quantitative estimate of drug-likeness (QED) is 0.647. The van der Waals surface area contributed by atoms with Gasteiger partial charge in [0.25, 0.3) is 0 Å². The van der Waals surface area contributed by atoms with Crippen LogP contribution in [-0.4, -0.2) is 50.7 Å². The Morgan fingerprint density at radius 2 is 1.32 bits per heavy atom. The molecule has 0 aliphatic carbocycles. The number of methoxy groups -OCH3 is 1. The van der Waals surface area contributed by atoms with Crippen molar-refractivity contribution < 1.29 is 4.74 Å². The van der Waals surface area contributed by atoms with Gasteiger partial charge in [-0.15, -0.1) is 0 Å². The van der Waals surface area contributed by atoms with Gasteiger partial charge in [0, 0.05) is 43.2 Å². The molecule has 0 radical (unpaired) electrons. The summed E-state index contributed by atoms with van der Waals surface area (Å²) in [6, 6.07) is 17.5. The summed E-state index contributed by atoms with van der Waals surface area (Å²) in [4.78, 5) is 6.96. The summed E-state index contributed by atoms with van der Waals surface area (Å²) < 4.78 is 5.27. The van der Waals surface area contributed by atoms with E-state index in [1.54, 1.807) is 7.11 Å². The lowest BCUT2D eigenvalue weighted by molar-refractivity contribution is 0.261.